The summed E-state index contributed by atoms with van der Waals surface area (Å²) in [6.45, 7) is 9.93. The molecule has 0 spiro atoms. The predicted molar refractivity (Wildman–Crippen MR) is 154 cm³/mol. The maximum atomic E-state index is 13.8. The van der Waals surface area contributed by atoms with E-state index in [1.54, 1.807) is 0 Å². The van der Waals surface area contributed by atoms with Gasteiger partial charge in [0, 0.05) is 17.7 Å². The fourth-order valence-electron chi connectivity index (χ4n) is 5.10. The van der Waals surface area contributed by atoms with E-state index >= 15 is 0 Å². The van der Waals surface area contributed by atoms with Crippen LogP contribution in [-0.2, 0) is 4.79 Å². The highest BCUT2D eigenvalue weighted by Gasteiger charge is 2.36. The molecule has 0 saturated carbocycles. The van der Waals surface area contributed by atoms with Crippen molar-refractivity contribution in [3.63, 3.8) is 0 Å². The summed E-state index contributed by atoms with van der Waals surface area (Å²) in [4.78, 5) is 13.8. The highest BCUT2D eigenvalue weighted by Crippen LogP contribution is 2.44. The highest BCUT2D eigenvalue weighted by atomic mass is 16.5. The zero-order chi connectivity index (χ0) is 26.6. The standard InChI is InChI=1S/C33H38N2O3/c1-21(2)19-37-26-13-9-23(10-14-26)25-17-30-32(31(36)18-25)33(35-29-8-6-5-7-28(29)34-30)24-11-15-27(16-12-24)38-20-22(3)4/h5-16,21-22,25,33-35H,17-20H2,1-4H3. The number of ether oxygens (including phenoxy) is 2. The summed E-state index contributed by atoms with van der Waals surface area (Å²) in [7, 11) is 0. The fraction of sp³-hybridized carbons (Fsp3) is 0.364. The predicted octanol–water partition coefficient (Wildman–Crippen LogP) is 7.74. The molecule has 3 aromatic rings. The number of carbonyl (C=O) groups excluding carboxylic acids is 1. The second-order valence-corrected chi connectivity index (χ2v) is 11.2. The van der Waals surface area contributed by atoms with Gasteiger partial charge < -0.3 is 20.1 Å². The van der Waals surface area contributed by atoms with E-state index in [1.165, 1.54) is 0 Å². The van der Waals surface area contributed by atoms with Gasteiger partial charge in [-0.15, -0.1) is 0 Å². The van der Waals surface area contributed by atoms with Crippen molar-refractivity contribution >= 4 is 17.2 Å². The monoisotopic (exact) mass is 510 g/mol. The molecular formula is C33H38N2O3. The number of carbonyl (C=O) groups is 1. The van der Waals surface area contributed by atoms with Gasteiger partial charge in [0.2, 0.25) is 0 Å². The molecule has 1 heterocycles. The van der Waals surface area contributed by atoms with E-state index in [1.807, 2.05) is 36.4 Å². The average molecular weight is 511 g/mol. The zero-order valence-electron chi connectivity index (χ0n) is 22.8. The topological polar surface area (TPSA) is 59.6 Å². The number of ketones is 1. The van der Waals surface area contributed by atoms with Crippen LogP contribution in [0.3, 0.4) is 0 Å². The van der Waals surface area contributed by atoms with Crippen molar-refractivity contribution in [3.05, 3.63) is 95.2 Å². The van der Waals surface area contributed by atoms with E-state index in [9.17, 15) is 4.79 Å². The van der Waals surface area contributed by atoms with Crippen LogP contribution in [0.1, 0.15) is 63.6 Å². The van der Waals surface area contributed by atoms with Crippen LogP contribution in [-0.4, -0.2) is 19.0 Å². The van der Waals surface area contributed by atoms with Gasteiger partial charge >= 0.3 is 0 Å². The summed E-state index contributed by atoms with van der Waals surface area (Å²) in [5, 5.41) is 7.29. The maximum absolute atomic E-state index is 13.8. The summed E-state index contributed by atoms with van der Waals surface area (Å²) in [6, 6.07) is 24.3. The second kappa shape index (κ2) is 11.3. The molecule has 5 heteroatoms. The molecule has 1 aliphatic heterocycles. The van der Waals surface area contributed by atoms with Crippen molar-refractivity contribution < 1.29 is 14.3 Å². The van der Waals surface area contributed by atoms with Crippen LogP contribution in [0.15, 0.2) is 84.1 Å². The summed E-state index contributed by atoms with van der Waals surface area (Å²) >= 11 is 0. The normalized spacial score (nSPS) is 18.8. The van der Waals surface area contributed by atoms with Gasteiger partial charge in [-0.05, 0) is 71.7 Å². The quantitative estimate of drug-likeness (QED) is 0.325. The lowest BCUT2D eigenvalue weighted by Crippen LogP contribution is -2.26. The molecule has 2 aliphatic rings. The molecule has 0 fully saturated rings. The minimum Gasteiger partial charge on any atom is -0.493 e. The summed E-state index contributed by atoms with van der Waals surface area (Å²) in [5.41, 5.74) is 6.01. The zero-order valence-corrected chi connectivity index (χ0v) is 22.8. The number of anilines is 2. The number of hydrogen-bond donors (Lipinski definition) is 2. The van der Waals surface area contributed by atoms with Crippen LogP contribution in [0.4, 0.5) is 11.4 Å². The number of benzene rings is 3. The van der Waals surface area contributed by atoms with E-state index < -0.39 is 0 Å². The first-order valence-corrected chi connectivity index (χ1v) is 13.7. The van der Waals surface area contributed by atoms with Crippen molar-refractivity contribution in [1.29, 1.82) is 0 Å². The van der Waals surface area contributed by atoms with Crippen molar-refractivity contribution in [2.75, 3.05) is 23.8 Å². The highest BCUT2D eigenvalue weighted by molar-refractivity contribution is 6.01. The van der Waals surface area contributed by atoms with Gasteiger partial charge in [-0.25, -0.2) is 0 Å². The number of hydrogen-bond acceptors (Lipinski definition) is 5. The van der Waals surface area contributed by atoms with E-state index in [4.69, 9.17) is 9.47 Å². The molecule has 2 unspecified atom stereocenters. The smallest absolute Gasteiger partial charge is 0.163 e. The number of para-hydroxylation sites is 2. The van der Waals surface area contributed by atoms with Crippen molar-refractivity contribution in [3.8, 4) is 11.5 Å². The first-order valence-electron chi connectivity index (χ1n) is 13.7. The molecule has 0 radical (unpaired) electrons. The number of Topliss-reactive ketones (excluding diaryl/α,β-unsaturated/α-hetero) is 1. The van der Waals surface area contributed by atoms with Gasteiger partial charge in [0.05, 0.1) is 30.6 Å². The molecule has 0 saturated heterocycles. The van der Waals surface area contributed by atoms with E-state index in [-0.39, 0.29) is 17.7 Å². The van der Waals surface area contributed by atoms with Gasteiger partial charge in [-0.3, -0.25) is 4.79 Å². The Morgan fingerprint density at radius 1 is 0.737 bits per heavy atom. The minimum atomic E-state index is -0.236. The maximum Gasteiger partial charge on any atom is 0.163 e. The van der Waals surface area contributed by atoms with Crippen LogP contribution in [0.2, 0.25) is 0 Å². The third kappa shape index (κ3) is 5.88. The van der Waals surface area contributed by atoms with Gasteiger partial charge in [0.15, 0.2) is 5.78 Å². The Bertz CT molecular complexity index is 1290. The number of rotatable bonds is 8. The van der Waals surface area contributed by atoms with Gasteiger partial charge in [-0.2, -0.15) is 0 Å². The van der Waals surface area contributed by atoms with Gasteiger partial charge in [-0.1, -0.05) is 64.1 Å². The molecule has 38 heavy (non-hydrogen) atoms. The van der Waals surface area contributed by atoms with Crippen molar-refractivity contribution in [1.82, 2.24) is 0 Å². The Morgan fingerprint density at radius 3 is 1.87 bits per heavy atom. The van der Waals surface area contributed by atoms with Crippen LogP contribution in [0.5, 0.6) is 11.5 Å². The molecule has 2 atom stereocenters. The SMILES string of the molecule is CC(C)COc1ccc(C2CC(=O)C3=C(C2)Nc2ccccc2NC3c2ccc(OCC(C)C)cc2)cc1. The second-order valence-electron chi connectivity index (χ2n) is 11.2. The lowest BCUT2D eigenvalue weighted by Gasteiger charge is -2.30. The largest absolute Gasteiger partial charge is 0.493 e. The lowest BCUT2D eigenvalue weighted by atomic mass is 9.78. The number of allylic oxidation sites excluding steroid dienone is 1. The van der Waals surface area contributed by atoms with E-state index in [0.717, 1.165) is 51.7 Å². The molecule has 5 nitrogen and oxygen atoms in total. The van der Waals surface area contributed by atoms with Crippen LogP contribution in [0.25, 0.3) is 0 Å². The molecule has 0 aromatic heterocycles. The Labute approximate surface area is 226 Å². The molecule has 5 rings (SSSR count). The Balaban J connectivity index is 1.44. The summed E-state index contributed by atoms with van der Waals surface area (Å²) in [5.74, 6) is 2.95. The first kappa shape index (κ1) is 25.9. The Morgan fingerprint density at radius 2 is 1.29 bits per heavy atom. The number of nitrogens with one attached hydrogen (secondary N) is 2. The molecule has 0 bridgehead atoms. The van der Waals surface area contributed by atoms with Crippen LogP contribution < -0.4 is 20.1 Å². The average Bonchev–Trinajstić information content (AvgIpc) is 3.08. The van der Waals surface area contributed by atoms with E-state index in [0.29, 0.717) is 31.5 Å². The molecule has 0 amide bonds. The fourth-order valence-corrected chi connectivity index (χ4v) is 5.10. The molecule has 198 valence electrons. The first-order chi connectivity index (χ1) is 18.4. The minimum absolute atomic E-state index is 0.116. The third-order valence-corrected chi connectivity index (χ3v) is 7.04. The Kier molecular flexibility index (Phi) is 7.73. The Hall–Kier alpha value is -3.73. The van der Waals surface area contributed by atoms with Gasteiger partial charge in [0.1, 0.15) is 11.5 Å². The van der Waals surface area contributed by atoms with Crippen LogP contribution >= 0.6 is 0 Å². The molecule has 2 N–H and O–H groups in total. The lowest BCUT2D eigenvalue weighted by molar-refractivity contribution is -0.116. The summed E-state index contributed by atoms with van der Waals surface area (Å²) in [6.07, 6.45) is 1.26. The molecular weight excluding hydrogens is 472 g/mol. The van der Waals surface area contributed by atoms with Crippen molar-refractivity contribution in [2.24, 2.45) is 11.8 Å². The molecule has 3 aromatic carbocycles. The van der Waals surface area contributed by atoms with Gasteiger partial charge in [0.25, 0.3) is 0 Å². The number of fused-ring (bicyclic) bond motifs is 1. The van der Waals surface area contributed by atoms with E-state index in [2.05, 4.69) is 74.7 Å². The third-order valence-electron chi connectivity index (χ3n) is 7.04. The summed E-state index contributed by atoms with van der Waals surface area (Å²) < 4.78 is 11.8. The van der Waals surface area contributed by atoms with Crippen molar-refractivity contribution in [2.45, 2.75) is 52.5 Å². The van der Waals surface area contributed by atoms with Crippen LogP contribution in [0, 0.1) is 11.8 Å². The molecule has 1 aliphatic carbocycles.